The van der Waals surface area contributed by atoms with E-state index in [1.54, 1.807) is 6.07 Å². The third-order valence-electron chi connectivity index (χ3n) is 3.57. The van der Waals surface area contributed by atoms with Crippen LogP contribution in [0.4, 0.5) is 4.39 Å². The van der Waals surface area contributed by atoms with E-state index >= 15 is 0 Å². The molecule has 112 valence electrons. The molecule has 0 fully saturated rings. The van der Waals surface area contributed by atoms with Gasteiger partial charge in [-0.15, -0.1) is 0 Å². The van der Waals surface area contributed by atoms with Gasteiger partial charge in [0.05, 0.1) is 0 Å². The summed E-state index contributed by atoms with van der Waals surface area (Å²) in [6.07, 6.45) is 1.92. The monoisotopic (exact) mass is 305 g/mol. The second-order valence-electron chi connectivity index (χ2n) is 5.25. The van der Waals surface area contributed by atoms with Crippen molar-refractivity contribution >= 4 is 11.6 Å². The van der Waals surface area contributed by atoms with Gasteiger partial charge in [-0.25, -0.2) is 4.39 Å². The Morgan fingerprint density at radius 3 is 2.57 bits per heavy atom. The molecule has 0 aliphatic rings. The van der Waals surface area contributed by atoms with Crippen LogP contribution < -0.4 is 5.32 Å². The first-order chi connectivity index (χ1) is 10.2. The van der Waals surface area contributed by atoms with Crippen LogP contribution in [0.2, 0.25) is 5.02 Å². The molecule has 2 rings (SSSR count). The van der Waals surface area contributed by atoms with Gasteiger partial charge in [-0.2, -0.15) is 0 Å². The quantitative estimate of drug-likeness (QED) is 0.724. The van der Waals surface area contributed by atoms with Crippen molar-refractivity contribution in [3.63, 3.8) is 0 Å². The van der Waals surface area contributed by atoms with Crippen LogP contribution in [-0.2, 0) is 6.42 Å². The molecule has 1 unspecified atom stereocenters. The van der Waals surface area contributed by atoms with Crippen LogP contribution in [0, 0.1) is 5.82 Å². The molecule has 0 aliphatic heterocycles. The second kappa shape index (κ2) is 8.16. The summed E-state index contributed by atoms with van der Waals surface area (Å²) in [7, 11) is 0. The fourth-order valence-electron chi connectivity index (χ4n) is 2.44. The second-order valence-corrected chi connectivity index (χ2v) is 5.66. The Bertz CT molecular complexity index is 556. The van der Waals surface area contributed by atoms with Crippen LogP contribution in [0.25, 0.3) is 0 Å². The van der Waals surface area contributed by atoms with Gasteiger partial charge in [0, 0.05) is 17.5 Å². The van der Waals surface area contributed by atoms with Gasteiger partial charge in [-0.1, -0.05) is 54.9 Å². The number of nitrogens with one attached hydrogen (secondary N) is 1. The summed E-state index contributed by atoms with van der Waals surface area (Å²) in [4.78, 5) is 0. The van der Waals surface area contributed by atoms with E-state index in [9.17, 15) is 4.39 Å². The summed E-state index contributed by atoms with van der Waals surface area (Å²) >= 11 is 6.16. The molecule has 0 aromatic heterocycles. The molecule has 2 aromatic carbocycles. The normalized spacial score (nSPS) is 12.3. The van der Waals surface area contributed by atoms with Crippen molar-refractivity contribution in [1.82, 2.24) is 5.32 Å². The predicted octanol–water partition coefficient (Wildman–Crippen LogP) is 4.81. The fraction of sp³-hybridized carbons (Fsp3) is 0.333. The van der Waals surface area contributed by atoms with Gasteiger partial charge in [0.25, 0.3) is 0 Å². The maximum atomic E-state index is 13.2. The van der Waals surface area contributed by atoms with E-state index in [4.69, 9.17) is 11.6 Å². The lowest BCUT2D eigenvalue weighted by molar-refractivity contribution is 0.575. The fourth-order valence-corrected chi connectivity index (χ4v) is 2.68. The molecule has 0 saturated heterocycles. The zero-order valence-electron chi connectivity index (χ0n) is 12.3. The molecule has 1 N–H and O–H groups in total. The predicted molar refractivity (Wildman–Crippen MR) is 87.5 cm³/mol. The minimum Gasteiger partial charge on any atom is -0.316 e. The topological polar surface area (TPSA) is 12.0 Å². The van der Waals surface area contributed by atoms with E-state index in [1.807, 2.05) is 6.07 Å². The van der Waals surface area contributed by atoms with Crippen molar-refractivity contribution in [3.8, 4) is 0 Å². The molecule has 0 heterocycles. The van der Waals surface area contributed by atoms with E-state index in [2.05, 4.69) is 36.5 Å². The van der Waals surface area contributed by atoms with Crippen molar-refractivity contribution in [1.29, 1.82) is 0 Å². The zero-order chi connectivity index (χ0) is 15.1. The molecule has 1 nitrogen and oxygen atoms in total. The highest BCUT2D eigenvalue weighted by atomic mass is 35.5. The van der Waals surface area contributed by atoms with Crippen LogP contribution in [-0.4, -0.2) is 13.1 Å². The maximum absolute atomic E-state index is 13.2. The van der Waals surface area contributed by atoms with Gasteiger partial charge in [0.1, 0.15) is 5.82 Å². The highest BCUT2D eigenvalue weighted by Gasteiger charge is 2.14. The van der Waals surface area contributed by atoms with E-state index in [1.165, 1.54) is 17.7 Å². The van der Waals surface area contributed by atoms with Gasteiger partial charge in [0.2, 0.25) is 0 Å². The minimum absolute atomic E-state index is 0.288. The minimum atomic E-state index is -0.288. The molecular formula is C18H21ClFN. The van der Waals surface area contributed by atoms with Crippen molar-refractivity contribution < 1.29 is 4.39 Å². The standard InChI is InChI=1S/C18H21ClFN/c1-2-10-21-13-16(14-6-4-3-5-7-14)11-15-8-9-17(20)12-18(15)19/h3-9,12,16,21H,2,10-11,13H2,1H3. The van der Waals surface area contributed by atoms with Gasteiger partial charge in [0.15, 0.2) is 0 Å². The van der Waals surface area contributed by atoms with Crippen molar-refractivity contribution in [2.45, 2.75) is 25.7 Å². The highest BCUT2D eigenvalue weighted by molar-refractivity contribution is 6.31. The summed E-state index contributed by atoms with van der Waals surface area (Å²) < 4.78 is 13.2. The van der Waals surface area contributed by atoms with Crippen LogP contribution in [0.15, 0.2) is 48.5 Å². The molecule has 3 heteroatoms. The van der Waals surface area contributed by atoms with Crippen molar-refractivity contribution in [2.24, 2.45) is 0 Å². The summed E-state index contributed by atoms with van der Waals surface area (Å²) in [6, 6.07) is 15.0. The van der Waals surface area contributed by atoms with Gasteiger partial charge < -0.3 is 5.32 Å². The molecule has 0 saturated carbocycles. The van der Waals surface area contributed by atoms with Crippen LogP contribution in [0.1, 0.15) is 30.4 Å². The summed E-state index contributed by atoms with van der Waals surface area (Å²) in [6.45, 7) is 4.05. The Morgan fingerprint density at radius 1 is 1.14 bits per heavy atom. The Hall–Kier alpha value is -1.38. The van der Waals surface area contributed by atoms with E-state index in [-0.39, 0.29) is 5.82 Å². The van der Waals surface area contributed by atoms with Crippen LogP contribution in [0.3, 0.4) is 0 Å². The first-order valence-electron chi connectivity index (χ1n) is 7.40. The zero-order valence-corrected chi connectivity index (χ0v) is 13.0. The first kappa shape index (κ1) is 16.0. The number of halogens is 2. The van der Waals surface area contributed by atoms with E-state index in [0.717, 1.165) is 31.5 Å². The third kappa shape index (κ3) is 4.83. The van der Waals surface area contributed by atoms with E-state index < -0.39 is 0 Å². The average Bonchev–Trinajstić information content (AvgIpc) is 2.49. The number of hydrogen-bond donors (Lipinski definition) is 1. The molecule has 0 amide bonds. The van der Waals surface area contributed by atoms with Gasteiger partial charge >= 0.3 is 0 Å². The van der Waals surface area contributed by atoms with Crippen molar-refractivity contribution in [2.75, 3.05) is 13.1 Å². The molecule has 2 aromatic rings. The average molecular weight is 306 g/mol. The summed E-state index contributed by atoms with van der Waals surface area (Å²) in [5.41, 5.74) is 2.27. The molecule has 1 atom stereocenters. The number of benzene rings is 2. The van der Waals surface area contributed by atoms with E-state index in [0.29, 0.717) is 10.9 Å². The highest BCUT2D eigenvalue weighted by Crippen LogP contribution is 2.25. The Balaban J connectivity index is 2.15. The van der Waals surface area contributed by atoms with Crippen molar-refractivity contribution in [3.05, 3.63) is 70.5 Å². The van der Waals surface area contributed by atoms with Crippen LogP contribution >= 0.6 is 11.6 Å². The molecule has 0 bridgehead atoms. The Morgan fingerprint density at radius 2 is 1.90 bits per heavy atom. The van der Waals surface area contributed by atoms with Crippen LogP contribution in [0.5, 0.6) is 0 Å². The van der Waals surface area contributed by atoms with Gasteiger partial charge in [-0.05, 0) is 42.6 Å². The Kier molecular flexibility index (Phi) is 6.21. The molecular weight excluding hydrogens is 285 g/mol. The molecule has 0 aliphatic carbocycles. The SMILES string of the molecule is CCCNCC(Cc1ccc(F)cc1Cl)c1ccccc1. The lowest BCUT2D eigenvalue weighted by Gasteiger charge is -2.19. The lowest BCUT2D eigenvalue weighted by atomic mass is 9.92. The largest absolute Gasteiger partial charge is 0.316 e. The Labute approximate surface area is 131 Å². The first-order valence-corrected chi connectivity index (χ1v) is 7.78. The number of rotatable bonds is 7. The maximum Gasteiger partial charge on any atom is 0.124 e. The van der Waals surface area contributed by atoms with Gasteiger partial charge in [-0.3, -0.25) is 0 Å². The summed E-state index contributed by atoms with van der Waals surface area (Å²) in [5, 5.41) is 3.97. The molecule has 0 spiro atoms. The summed E-state index contributed by atoms with van der Waals surface area (Å²) in [5.74, 6) is 0.0461. The molecule has 21 heavy (non-hydrogen) atoms. The third-order valence-corrected chi connectivity index (χ3v) is 3.92. The number of hydrogen-bond acceptors (Lipinski definition) is 1. The molecule has 0 radical (unpaired) electrons. The smallest absolute Gasteiger partial charge is 0.124 e. The lowest BCUT2D eigenvalue weighted by Crippen LogP contribution is -2.23.